The molecule has 6 heteroatoms. The predicted molar refractivity (Wildman–Crippen MR) is 121 cm³/mol. The molecule has 30 heavy (non-hydrogen) atoms. The number of hydrogen-bond donors (Lipinski definition) is 3. The molecule has 3 aromatic carbocycles. The summed E-state index contributed by atoms with van der Waals surface area (Å²) in [4.78, 5) is 0. The molecule has 0 saturated heterocycles. The molecule has 158 valence electrons. The molecule has 3 rings (SSSR count). The third-order valence-electron chi connectivity index (χ3n) is 5.39. The van der Waals surface area contributed by atoms with Crippen molar-refractivity contribution in [1.29, 1.82) is 0 Å². The first kappa shape index (κ1) is 22.9. The Morgan fingerprint density at radius 3 is 1.10 bits per heavy atom. The summed E-state index contributed by atoms with van der Waals surface area (Å²) in [6, 6.07) is 30.8. The molecule has 0 fully saturated rings. The fourth-order valence-corrected chi connectivity index (χ4v) is 15.8. The number of quaternary nitrogens is 1. The summed E-state index contributed by atoms with van der Waals surface area (Å²) in [6.07, 6.45) is 0. The van der Waals surface area contributed by atoms with Crippen molar-refractivity contribution < 1.29 is 23.1 Å². The first-order chi connectivity index (χ1) is 14.7. The minimum absolute atomic E-state index is 0.0122. The van der Waals surface area contributed by atoms with Crippen molar-refractivity contribution in [1.82, 2.24) is 0 Å². The Bertz CT molecular complexity index is 764. The summed E-state index contributed by atoms with van der Waals surface area (Å²) in [5.41, 5.74) is 0. The van der Waals surface area contributed by atoms with E-state index in [1.807, 2.05) is 54.6 Å². The Hall–Kier alpha value is -1.74. The molecule has 0 spiro atoms. The van der Waals surface area contributed by atoms with E-state index in [2.05, 4.69) is 36.4 Å². The first-order valence-corrected chi connectivity index (χ1v) is 15.7. The monoisotopic (exact) mass is 516 g/mol. The molecular formula is C24H30NO4Sn+. The number of aliphatic hydroxyl groups excluding tert-OH is 3. The molecule has 0 heterocycles. The SMILES string of the molecule is OCC[N+](CCO)(CCO)[O][Sn]([c]1ccccc1)([c]1ccccc1)[c]1ccccc1. The van der Waals surface area contributed by atoms with E-state index in [0.29, 0.717) is 19.6 Å². The van der Waals surface area contributed by atoms with Crippen molar-refractivity contribution in [2.45, 2.75) is 0 Å². The van der Waals surface area contributed by atoms with Crippen LogP contribution in [-0.2, 0) is 3.17 Å². The molecule has 0 saturated carbocycles. The standard InChI is InChI=1S/C6H15NO4.3C6H5.Sn/c8-4-1-7(11,2-5-9)3-6-10;3*1-2-4-6-5-3-1;/h8-10H,1-6H2;3*1-5H;/q;;;;+1. The molecular weight excluding hydrogens is 485 g/mol. The van der Waals surface area contributed by atoms with Crippen LogP contribution in [0.3, 0.4) is 0 Å². The molecule has 0 aromatic heterocycles. The van der Waals surface area contributed by atoms with Crippen LogP contribution in [-0.4, -0.2) is 78.2 Å². The van der Waals surface area contributed by atoms with Crippen LogP contribution in [0.1, 0.15) is 0 Å². The Morgan fingerprint density at radius 1 is 0.533 bits per heavy atom. The van der Waals surface area contributed by atoms with Crippen LogP contribution in [0.15, 0.2) is 91.0 Å². The van der Waals surface area contributed by atoms with Crippen LogP contribution in [0.25, 0.3) is 0 Å². The van der Waals surface area contributed by atoms with Crippen LogP contribution in [0, 0.1) is 0 Å². The molecule has 0 atom stereocenters. The topological polar surface area (TPSA) is 69.9 Å². The third kappa shape index (κ3) is 4.94. The van der Waals surface area contributed by atoms with Crippen molar-refractivity contribution >= 4 is 29.5 Å². The molecule has 0 unspecified atom stereocenters. The Kier molecular flexibility index (Phi) is 8.44. The molecule has 0 aliphatic rings. The maximum atomic E-state index is 9.83. The summed E-state index contributed by atoms with van der Waals surface area (Å²) < 4.78 is 10.6. The van der Waals surface area contributed by atoms with Crippen molar-refractivity contribution in [3.8, 4) is 0 Å². The molecule has 0 aliphatic carbocycles. The zero-order chi connectivity index (χ0) is 21.3. The van der Waals surface area contributed by atoms with Gasteiger partial charge in [0.25, 0.3) is 0 Å². The van der Waals surface area contributed by atoms with Gasteiger partial charge in [0.05, 0.1) is 0 Å². The van der Waals surface area contributed by atoms with E-state index in [1.54, 1.807) is 0 Å². The number of aliphatic hydroxyl groups is 3. The third-order valence-corrected chi connectivity index (χ3v) is 17.1. The van der Waals surface area contributed by atoms with Gasteiger partial charge in [-0.2, -0.15) is 0 Å². The van der Waals surface area contributed by atoms with Gasteiger partial charge in [-0.3, -0.25) is 0 Å². The van der Waals surface area contributed by atoms with E-state index in [0.717, 1.165) is 10.7 Å². The normalized spacial score (nSPS) is 12.1. The molecule has 0 bridgehead atoms. The van der Waals surface area contributed by atoms with E-state index in [9.17, 15) is 15.3 Å². The minimum atomic E-state index is -4.07. The summed E-state index contributed by atoms with van der Waals surface area (Å²) in [6.45, 7) is 0.603. The number of rotatable bonds is 11. The number of benzene rings is 3. The Balaban J connectivity index is 2.30. The number of hydroxylamine groups is 3. The predicted octanol–water partition coefficient (Wildman–Crippen LogP) is 0.379. The molecule has 3 N–H and O–H groups in total. The first-order valence-electron chi connectivity index (χ1n) is 10.3. The molecule has 0 aliphatic heterocycles. The average Bonchev–Trinajstić information content (AvgIpc) is 2.80. The molecule has 0 radical (unpaired) electrons. The fraction of sp³-hybridized carbons (Fsp3) is 0.250. The second-order valence-electron chi connectivity index (χ2n) is 7.27. The van der Waals surface area contributed by atoms with Gasteiger partial charge in [-0.25, -0.2) is 0 Å². The van der Waals surface area contributed by atoms with E-state index in [4.69, 9.17) is 3.17 Å². The number of hydrogen-bond acceptors (Lipinski definition) is 4. The van der Waals surface area contributed by atoms with Gasteiger partial charge in [0, 0.05) is 0 Å². The van der Waals surface area contributed by atoms with Crippen molar-refractivity contribution in [2.24, 2.45) is 0 Å². The van der Waals surface area contributed by atoms with Gasteiger partial charge in [-0.1, -0.05) is 0 Å². The quantitative estimate of drug-likeness (QED) is 0.196. The number of nitrogens with zero attached hydrogens (tertiary/aromatic N) is 1. The summed E-state index contributed by atoms with van der Waals surface area (Å²) in [5.74, 6) is 0. The maximum absolute atomic E-state index is 9.83. The van der Waals surface area contributed by atoms with E-state index >= 15 is 0 Å². The second kappa shape index (κ2) is 11.0. The van der Waals surface area contributed by atoms with Gasteiger partial charge in [0.1, 0.15) is 0 Å². The van der Waals surface area contributed by atoms with Crippen LogP contribution in [0.2, 0.25) is 0 Å². The zero-order valence-corrected chi connectivity index (χ0v) is 20.0. The van der Waals surface area contributed by atoms with E-state index in [-0.39, 0.29) is 24.5 Å². The zero-order valence-electron chi connectivity index (χ0n) is 17.1. The molecule has 5 nitrogen and oxygen atoms in total. The van der Waals surface area contributed by atoms with Gasteiger partial charge in [-0.05, 0) is 0 Å². The van der Waals surface area contributed by atoms with Crippen molar-refractivity contribution in [3.05, 3.63) is 91.0 Å². The van der Waals surface area contributed by atoms with Gasteiger partial charge in [0.15, 0.2) is 0 Å². The summed E-state index contributed by atoms with van der Waals surface area (Å²) >= 11 is -4.07. The molecule has 3 aromatic rings. The van der Waals surface area contributed by atoms with Gasteiger partial charge >= 0.3 is 183 Å². The molecule has 0 amide bonds. The van der Waals surface area contributed by atoms with Crippen LogP contribution in [0.4, 0.5) is 0 Å². The van der Waals surface area contributed by atoms with Crippen LogP contribution in [0.5, 0.6) is 0 Å². The van der Waals surface area contributed by atoms with Crippen LogP contribution >= 0.6 is 0 Å². The van der Waals surface area contributed by atoms with E-state index in [1.165, 1.54) is 0 Å². The van der Waals surface area contributed by atoms with Gasteiger partial charge < -0.3 is 0 Å². The Labute approximate surface area is 182 Å². The van der Waals surface area contributed by atoms with E-state index < -0.39 is 18.8 Å². The van der Waals surface area contributed by atoms with Crippen LogP contribution < -0.4 is 10.7 Å². The second-order valence-corrected chi connectivity index (χ2v) is 16.6. The van der Waals surface area contributed by atoms with Gasteiger partial charge in [0.2, 0.25) is 0 Å². The summed E-state index contributed by atoms with van der Waals surface area (Å²) in [5, 5.41) is 29.5. The fourth-order valence-electron chi connectivity index (χ4n) is 3.99. The van der Waals surface area contributed by atoms with Crippen molar-refractivity contribution in [2.75, 3.05) is 39.5 Å². The van der Waals surface area contributed by atoms with Crippen molar-refractivity contribution in [3.63, 3.8) is 0 Å². The Morgan fingerprint density at radius 2 is 0.833 bits per heavy atom. The average molecular weight is 515 g/mol. The van der Waals surface area contributed by atoms with Gasteiger partial charge in [-0.15, -0.1) is 0 Å². The summed E-state index contributed by atoms with van der Waals surface area (Å²) in [7, 11) is 0.